The fourth-order valence-electron chi connectivity index (χ4n) is 11.0. The molecule has 11 atom stereocenters. The van der Waals surface area contributed by atoms with Crippen LogP contribution in [0.15, 0.2) is 23.3 Å². The molecule has 8 nitrogen and oxygen atoms in total. The van der Waals surface area contributed by atoms with Gasteiger partial charge in [-0.1, -0.05) is 71.8 Å². The summed E-state index contributed by atoms with van der Waals surface area (Å²) in [5, 5.41) is 30.7. The van der Waals surface area contributed by atoms with Crippen LogP contribution in [0.3, 0.4) is 0 Å². The van der Waals surface area contributed by atoms with E-state index < -0.39 is 36.5 Å². The maximum absolute atomic E-state index is 14.1. The molecule has 260 valence electrons. The third-order valence-electron chi connectivity index (χ3n) is 14.1. The van der Waals surface area contributed by atoms with Gasteiger partial charge in [-0.05, 0) is 98.2 Å². The van der Waals surface area contributed by atoms with Gasteiger partial charge < -0.3 is 29.5 Å². The molecule has 0 aromatic rings. The average molecular weight is 645 g/mol. The van der Waals surface area contributed by atoms with Crippen molar-refractivity contribution in [3.63, 3.8) is 0 Å². The Morgan fingerprint density at radius 2 is 1.63 bits per heavy atom. The molecule has 1 aliphatic heterocycles. The van der Waals surface area contributed by atoms with Crippen LogP contribution in [0.2, 0.25) is 0 Å². The lowest BCUT2D eigenvalue weighted by Gasteiger charge is -2.62. The molecule has 0 radical (unpaired) electrons. The first-order valence-corrected chi connectivity index (χ1v) is 17.8. The first-order valence-electron chi connectivity index (χ1n) is 17.8. The Hall–Kier alpha value is -1.74. The maximum Gasteiger partial charge on any atom is 0.311 e. The van der Waals surface area contributed by atoms with E-state index in [1.54, 1.807) is 11.1 Å². The molecule has 1 saturated heterocycles. The van der Waals surface area contributed by atoms with Crippen LogP contribution in [0.1, 0.15) is 120 Å². The summed E-state index contributed by atoms with van der Waals surface area (Å²) < 4.78 is 17.2. The fourth-order valence-corrected chi connectivity index (χ4v) is 11.0. The number of carbonyl (C=O) groups is 2. The Morgan fingerprint density at radius 1 is 0.935 bits per heavy atom. The third kappa shape index (κ3) is 5.71. The van der Waals surface area contributed by atoms with Crippen molar-refractivity contribution in [2.24, 2.45) is 45.3 Å². The van der Waals surface area contributed by atoms with Gasteiger partial charge in [0.1, 0.15) is 24.4 Å². The maximum atomic E-state index is 14.1. The molecule has 5 rings (SSSR count). The standard InChI is InChI=1S/C38H60O8/c1-21(2)22(3)10-11-24(33(43)46-34-32(42)31(41)28(40)20-44-34)25-14-18-38(9)27-12-13-29-35(5,6)30(45-23(4)39)16-17-36(29,7)26(27)15-19-37(25,38)8/h21,24-25,28-32,34,40-42H,3,10-20H2,1-2,4-9H3/t24-,25-,28-,29+,30-,31+,32-,34+,36-,37-,38+/m1/s1. The van der Waals surface area contributed by atoms with Crippen LogP contribution in [0.4, 0.5) is 0 Å². The number of allylic oxidation sites excluding steroid dienone is 3. The Kier molecular flexibility index (Phi) is 9.75. The molecule has 8 heteroatoms. The normalized spacial score (nSPS) is 42.5. The zero-order valence-corrected chi connectivity index (χ0v) is 29.6. The highest BCUT2D eigenvalue weighted by Gasteiger charge is 2.64. The van der Waals surface area contributed by atoms with Gasteiger partial charge in [-0.25, -0.2) is 0 Å². The lowest BCUT2D eigenvalue weighted by atomic mass is 9.43. The van der Waals surface area contributed by atoms with Crippen LogP contribution < -0.4 is 0 Å². The molecule has 0 bridgehead atoms. The molecule has 2 saturated carbocycles. The van der Waals surface area contributed by atoms with E-state index in [4.69, 9.17) is 14.2 Å². The Bertz CT molecular complexity index is 1240. The molecule has 46 heavy (non-hydrogen) atoms. The minimum atomic E-state index is -1.51. The summed E-state index contributed by atoms with van der Waals surface area (Å²) >= 11 is 0. The number of ether oxygens (including phenoxy) is 3. The molecule has 0 amide bonds. The first kappa shape index (κ1) is 35.6. The van der Waals surface area contributed by atoms with Crippen molar-refractivity contribution in [3.05, 3.63) is 23.3 Å². The van der Waals surface area contributed by atoms with Gasteiger partial charge >= 0.3 is 11.9 Å². The van der Waals surface area contributed by atoms with Crippen molar-refractivity contribution in [1.29, 1.82) is 0 Å². The minimum absolute atomic E-state index is 0.0507. The molecule has 0 unspecified atom stereocenters. The molecular formula is C38H60O8. The molecule has 1 heterocycles. The van der Waals surface area contributed by atoms with Gasteiger partial charge in [-0.3, -0.25) is 9.59 Å². The molecule has 4 aliphatic carbocycles. The molecule has 3 fully saturated rings. The number of carbonyl (C=O) groups excluding carboxylic acids is 2. The van der Waals surface area contributed by atoms with Gasteiger partial charge in [-0.2, -0.15) is 0 Å². The quantitative estimate of drug-likeness (QED) is 0.209. The summed E-state index contributed by atoms with van der Waals surface area (Å²) in [5.74, 6) is -0.187. The molecule has 0 aromatic heterocycles. The number of aliphatic hydroxyl groups is 3. The minimum Gasteiger partial charge on any atom is -0.462 e. The summed E-state index contributed by atoms with van der Waals surface area (Å²) in [7, 11) is 0. The summed E-state index contributed by atoms with van der Waals surface area (Å²) in [4.78, 5) is 26.1. The molecule has 5 aliphatic rings. The summed E-state index contributed by atoms with van der Waals surface area (Å²) in [6.07, 6.45) is 3.68. The van der Waals surface area contributed by atoms with Gasteiger partial charge in [0.2, 0.25) is 6.29 Å². The van der Waals surface area contributed by atoms with E-state index >= 15 is 0 Å². The lowest BCUT2D eigenvalue weighted by molar-refractivity contribution is -0.265. The first-order chi connectivity index (χ1) is 21.4. The zero-order chi connectivity index (χ0) is 34.0. The SMILES string of the molecule is C=C(CC[C@@H](C(=O)O[C@@H]1OC[C@@H](O)[C@H](O)[C@H]1O)[C@H]1CC[C@@]2(C)C3=C(CC[C@]12C)[C@@]1(C)CC[C@@H](OC(C)=O)C(C)(C)[C@@H]1CC3)C(C)C. The highest BCUT2D eigenvalue weighted by molar-refractivity contribution is 5.73. The largest absolute Gasteiger partial charge is 0.462 e. The number of fused-ring (bicyclic) bond motifs is 4. The van der Waals surface area contributed by atoms with E-state index in [1.165, 1.54) is 6.92 Å². The van der Waals surface area contributed by atoms with Crippen LogP contribution in [-0.2, 0) is 23.8 Å². The van der Waals surface area contributed by atoms with E-state index in [9.17, 15) is 24.9 Å². The predicted octanol–water partition coefficient (Wildman–Crippen LogP) is 6.26. The van der Waals surface area contributed by atoms with E-state index in [-0.39, 0.29) is 46.3 Å². The van der Waals surface area contributed by atoms with Crippen LogP contribution in [-0.4, -0.2) is 64.6 Å². The van der Waals surface area contributed by atoms with E-state index in [0.29, 0.717) is 24.7 Å². The second-order valence-electron chi connectivity index (χ2n) is 17.0. The number of hydrogen-bond acceptors (Lipinski definition) is 8. The van der Waals surface area contributed by atoms with Crippen LogP contribution >= 0.6 is 0 Å². The summed E-state index contributed by atoms with van der Waals surface area (Å²) in [6, 6.07) is 0. The van der Waals surface area contributed by atoms with Crippen molar-refractivity contribution in [1.82, 2.24) is 0 Å². The van der Waals surface area contributed by atoms with Crippen molar-refractivity contribution in [2.45, 2.75) is 150 Å². The van der Waals surface area contributed by atoms with Gasteiger partial charge in [0.05, 0.1) is 12.5 Å². The van der Waals surface area contributed by atoms with Crippen molar-refractivity contribution >= 4 is 11.9 Å². The lowest BCUT2D eigenvalue weighted by Crippen LogP contribution is -2.56. The van der Waals surface area contributed by atoms with Crippen LogP contribution in [0.25, 0.3) is 0 Å². The average Bonchev–Trinajstić information content (AvgIpc) is 3.25. The number of esters is 2. The van der Waals surface area contributed by atoms with Gasteiger partial charge in [0, 0.05) is 12.3 Å². The second kappa shape index (κ2) is 12.6. The highest BCUT2D eigenvalue weighted by atomic mass is 16.7. The third-order valence-corrected chi connectivity index (χ3v) is 14.1. The summed E-state index contributed by atoms with van der Waals surface area (Å²) in [6.45, 7) is 21.7. The molecule has 0 aromatic carbocycles. The van der Waals surface area contributed by atoms with Gasteiger partial charge in [0.15, 0.2) is 0 Å². The van der Waals surface area contributed by atoms with Crippen LogP contribution in [0.5, 0.6) is 0 Å². The van der Waals surface area contributed by atoms with Crippen molar-refractivity contribution < 1.29 is 39.1 Å². The topological polar surface area (TPSA) is 123 Å². The zero-order valence-electron chi connectivity index (χ0n) is 29.6. The van der Waals surface area contributed by atoms with E-state index in [1.807, 2.05) is 0 Å². The fraction of sp³-hybridized carbons (Fsp3) is 0.842. The van der Waals surface area contributed by atoms with Gasteiger partial charge in [-0.15, -0.1) is 0 Å². The number of rotatable bonds is 8. The van der Waals surface area contributed by atoms with E-state index in [2.05, 4.69) is 55.0 Å². The van der Waals surface area contributed by atoms with Crippen molar-refractivity contribution in [2.75, 3.05) is 6.61 Å². The highest BCUT2D eigenvalue weighted by Crippen LogP contribution is 2.72. The van der Waals surface area contributed by atoms with Crippen molar-refractivity contribution in [3.8, 4) is 0 Å². The van der Waals surface area contributed by atoms with E-state index in [0.717, 1.165) is 56.9 Å². The Balaban J connectivity index is 1.44. The molecule has 3 N–H and O–H groups in total. The monoisotopic (exact) mass is 644 g/mol. The van der Waals surface area contributed by atoms with Crippen LogP contribution in [0, 0.1) is 45.3 Å². The van der Waals surface area contributed by atoms with Gasteiger partial charge in [0.25, 0.3) is 0 Å². The predicted molar refractivity (Wildman–Crippen MR) is 175 cm³/mol. The Morgan fingerprint density at radius 3 is 2.28 bits per heavy atom. The number of hydrogen-bond donors (Lipinski definition) is 3. The second-order valence-corrected chi connectivity index (χ2v) is 17.0. The Labute approximate surface area is 276 Å². The molecular weight excluding hydrogens is 584 g/mol. The summed E-state index contributed by atoms with van der Waals surface area (Å²) in [5.41, 5.74) is 4.10. The number of aliphatic hydroxyl groups excluding tert-OH is 3. The molecule has 0 spiro atoms. The smallest absolute Gasteiger partial charge is 0.311 e.